The highest BCUT2D eigenvalue weighted by Crippen LogP contribution is 2.32. The first kappa shape index (κ1) is 9.72. The van der Waals surface area contributed by atoms with Gasteiger partial charge in [-0.1, -0.05) is 0 Å². The topological polar surface area (TPSA) is 69.9 Å². The van der Waals surface area contributed by atoms with Gasteiger partial charge in [0.2, 0.25) is 0 Å². The Morgan fingerprint density at radius 2 is 1.50 bits per heavy atom. The molecule has 0 saturated carbocycles. The lowest BCUT2D eigenvalue weighted by Gasteiger charge is -2.16. The molecule has 4 nitrogen and oxygen atoms in total. The van der Waals surface area contributed by atoms with Crippen molar-refractivity contribution >= 4 is 0 Å². The molecule has 1 aliphatic rings. The van der Waals surface area contributed by atoms with E-state index in [2.05, 4.69) is 4.74 Å². The monoisotopic (exact) mass is 188 g/mol. The van der Waals surface area contributed by atoms with Crippen molar-refractivity contribution in [3.05, 3.63) is 0 Å². The van der Waals surface area contributed by atoms with Gasteiger partial charge in [-0.05, 0) is 0 Å². The van der Waals surface area contributed by atoms with E-state index < -0.39 is 30.8 Å². The van der Waals surface area contributed by atoms with Crippen molar-refractivity contribution in [3.63, 3.8) is 0 Å². The molecule has 72 valence electrons. The summed E-state index contributed by atoms with van der Waals surface area (Å²) in [5.74, 6) is 0. The zero-order valence-electron chi connectivity index (χ0n) is 5.69. The molecule has 0 amide bonds. The molecule has 0 bridgehead atoms. The summed E-state index contributed by atoms with van der Waals surface area (Å²) in [5, 5.41) is 26.0. The van der Waals surface area contributed by atoms with Crippen LogP contribution < -0.4 is 0 Å². The fourth-order valence-electron chi connectivity index (χ4n) is 0.930. The summed E-state index contributed by atoms with van der Waals surface area (Å²) in [6.45, 7) is 0. The van der Waals surface area contributed by atoms with Crippen LogP contribution in [0.25, 0.3) is 0 Å². The molecule has 0 spiro atoms. The van der Waals surface area contributed by atoms with E-state index in [0.717, 1.165) is 0 Å². The predicted octanol–water partition coefficient (Wildman–Crippen LogP) is -1.01. The molecule has 12 heavy (non-hydrogen) atoms. The fourth-order valence-corrected chi connectivity index (χ4v) is 0.930. The Balaban J connectivity index is 2.71. The van der Waals surface area contributed by atoms with Gasteiger partial charge in [-0.15, -0.1) is 0 Å². The number of halogens is 3. The molecule has 0 unspecified atom stereocenters. The van der Waals surface area contributed by atoms with Crippen LogP contribution in [0.15, 0.2) is 0 Å². The third kappa shape index (κ3) is 1.53. The quantitative estimate of drug-likeness (QED) is 0.455. The van der Waals surface area contributed by atoms with Gasteiger partial charge < -0.3 is 20.1 Å². The molecular weight excluding hydrogens is 181 g/mol. The highest BCUT2D eigenvalue weighted by Gasteiger charge is 2.55. The SMILES string of the molecule is O[C@@H]1[C@H](O)[C@@H](O)O[C@@H]1C(F)(F)F. The van der Waals surface area contributed by atoms with Gasteiger partial charge >= 0.3 is 6.18 Å². The number of hydrogen-bond acceptors (Lipinski definition) is 4. The van der Waals surface area contributed by atoms with E-state index >= 15 is 0 Å². The fraction of sp³-hybridized carbons (Fsp3) is 1.00. The largest absolute Gasteiger partial charge is 0.417 e. The van der Waals surface area contributed by atoms with Crippen molar-refractivity contribution in [2.75, 3.05) is 0 Å². The third-order valence-electron chi connectivity index (χ3n) is 1.56. The van der Waals surface area contributed by atoms with Crippen LogP contribution in [0.3, 0.4) is 0 Å². The van der Waals surface area contributed by atoms with Crippen LogP contribution in [-0.4, -0.2) is 46.1 Å². The van der Waals surface area contributed by atoms with Crippen LogP contribution in [0.1, 0.15) is 0 Å². The molecule has 4 atom stereocenters. The molecule has 7 heteroatoms. The van der Waals surface area contributed by atoms with Crippen molar-refractivity contribution in [3.8, 4) is 0 Å². The average Bonchev–Trinajstić information content (AvgIpc) is 2.15. The van der Waals surface area contributed by atoms with Gasteiger partial charge in [-0.2, -0.15) is 13.2 Å². The van der Waals surface area contributed by atoms with E-state index in [-0.39, 0.29) is 0 Å². The maximum atomic E-state index is 11.9. The highest BCUT2D eigenvalue weighted by atomic mass is 19.4. The van der Waals surface area contributed by atoms with Crippen molar-refractivity contribution in [1.82, 2.24) is 0 Å². The maximum absolute atomic E-state index is 11.9. The molecule has 0 aromatic heterocycles. The molecular formula is C5H7F3O4. The van der Waals surface area contributed by atoms with Gasteiger partial charge in [-0.25, -0.2) is 0 Å². The summed E-state index contributed by atoms with van der Waals surface area (Å²) in [6.07, 6.45) is -13.3. The van der Waals surface area contributed by atoms with Gasteiger partial charge in [0, 0.05) is 0 Å². The molecule has 1 saturated heterocycles. The highest BCUT2D eigenvalue weighted by molar-refractivity contribution is 4.89. The van der Waals surface area contributed by atoms with Gasteiger partial charge in [0.25, 0.3) is 0 Å². The van der Waals surface area contributed by atoms with Gasteiger partial charge in [-0.3, -0.25) is 0 Å². The zero-order valence-corrected chi connectivity index (χ0v) is 5.69. The third-order valence-corrected chi connectivity index (χ3v) is 1.56. The van der Waals surface area contributed by atoms with E-state index in [0.29, 0.717) is 0 Å². The lowest BCUT2D eigenvalue weighted by atomic mass is 10.1. The second kappa shape index (κ2) is 2.84. The van der Waals surface area contributed by atoms with E-state index in [1.165, 1.54) is 0 Å². The Kier molecular flexibility index (Phi) is 2.30. The van der Waals surface area contributed by atoms with Gasteiger partial charge in [0.05, 0.1) is 0 Å². The summed E-state index contributed by atoms with van der Waals surface area (Å²) in [6, 6.07) is 0. The standard InChI is InChI=1S/C5H7F3O4/c6-5(7,8)3-1(9)2(10)4(11)12-3/h1-4,9-11H/t1-,2+,3+,4+/m1/s1. The van der Waals surface area contributed by atoms with Crippen molar-refractivity contribution in [1.29, 1.82) is 0 Å². The maximum Gasteiger partial charge on any atom is 0.417 e. The van der Waals surface area contributed by atoms with Gasteiger partial charge in [0.15, 0.2) is 12.4 Å². The second-order valence-corrected chi connectivity index (χ2v) is 2.47. The number of ether oxygens (including phenoxy) is 1. The molecule has 0 aliphatic carbocycles. The Morgan fingerprint density at radius 1 is 1.00 bits per heavy atom. The summed E-state index contributed by atoms with van der Waals surface area (Å²) < 4.78 is 39.4. The van der Waals surface area contributed by atoms with E-state index in [9.17, 15) is 13.2 Å². The first-order valence-electron chi connectivity index (χ1n) is 3.10. The lowest BCUT2D eigenvalue weighted by Crippen LogP contribution is -2.40. The molecule has 0 aromatic rings. The van der Waals surface area contributed by atoms with Crippen LogP contribution in [0.2, 0.25) is 0 Å². The number of aliphatic hydroxyl groups excluding tert-OH is 3. The molecule has 0 aromatic carbocycles. The molecule has 1 heterocycles. The first-order chi connectivity index (χ1) is 5.34. The van der Waals surface area contributed by atoms with Crippen LogP contribution in [0, 0.1) is 0 Å². The summed E-state index contributed by atoms with van der Waals surface area (Å²) in [7, 11) is 0. The van der Waals surface area contributed by atoms with Crippen LogP contribution in [0.5, 0.6) is 0 Å². The minimum atomic E-state index is -4.78. The molecule has 3 N–H and O–H groups in total. The van der Waals surface area contributed by atoms with E-state index in [1.807, 2.05) is 0 Å². The normalized spacial score (nSPS) is 43.5. The van der Waals surface area contributed by atoms with Crippen LogP contribution in [0.4, 0.5) is 13.2 Å². The van der Waals surface area contributed by atoms with Crippen LogP contribution >= 0.6 is 0 Å². The zero-order chi connectivity index (χ0) is 9.52. The van der Waals surface area contributed by atoms with Gasteiger partial charge in [0.1, 0.15) is 12.2 Å². The minimum Gasteiger partial charge on any atom is -0.387 e. The number of alkyl halides is 3. The number of rotatable bonds is 0. The number of hydrogen-bond donors (Lipinski definition) is 3. The molecule has 1 fully saturated rings. The van der Waals surface area contributed by atoms with E-state index in [4.69, 9.17) is 15.3 Å². The Bertz CT molecular complexity index is 171. The summed E-state index contributed by atoms with van der Waals surface area (Å²) >= 11 is 0. The summed E-state index contributed by atoms with van der Waals surface area (Å²) in [4.78, 5) is 0. The average molecular weight is 188 g/mol. The predicted molar refractivity (Wildman–Crippen MR) is 28.9 cm³/mol. The Labute approximate surface area is 65.2 Å². The molecule has 1 rings (SSSR count). The van der Waals surface area contributed by atoms with E-state index in [1.54, 1.807) is 0 Å². The Hall–Kier alpha value is -0.370. The smallest absolute Gasteiger partial charge is 0.387 e. The minimum absolute atomic E-state index is 1.91. The van der Waals surface area contributed by atoms with Crippen molar-refractivity contribution < 1.29 is 33.2 Å². The molecule has 0 radical (unpaired) electrons. The first-order valence-corrected chi connectivity index (χ1v) is 3.10. The summed E-state index contributed by atoms with van der Waals surface area (Å²) in [5.41, 5.74) is 0. The van der Waals surface area contributed by atoms with Crippen molar-refractivity contribution in [2.45, 2.75) is 30.8 Å². The Morgan fingerprint density at radius 3 is 1.67 bits per heavy atom. The van der Waals surface area contributed by atoms with Crippen LogP contribution in [-0.2, 0) is 4.74 Å². The lowest BCUT2D eigenvalue weighted by molar-refractivity contribution is -0.248. The second-order valence-electron chi connectivity index (χ2n) is 2.47. The molecule has 1 aliphatic heterocycles. The number of aliphatic hydroxyl groups is 3. The van der Waals surface area contributed by atoms with Crippen molar-refractivity contribution in [2.24, 2.45) is 0 Å².